The molecule has 0 radical (unpaired) electrons. The molecule has 0 amide bonds. The number of hydrogen-bond donors (Lipinski definition) is 0. The molecule has 0 spiro atoms. The van der Waals surface area contributed by atoms with Crippen molar-refractivity contribution in [3.8, 4) is 0 Å². The van der Waals surface area contributed by atoms with Gasteiger partial charge in [0.15, 0.2) is 0 Å². The Bertz CT molecular complexity index is 138. The Kier molecular flexibility index (Phi) is 6.88. The zero-order valence-electron chi connectivity index (χ0n) is 9.30. The van der Waals surface area contributed by atoms with Gasteiger partial charge in [-0.1, -0.05) is 48.0 Å². The van der Waals surface area contributed by atoms with E-state index in [9.17, 15) is 0 Å². The maximum atomic E-state index is 5.07. The van der Waals surface area contributed by atoms with E-state index in [4.69, 9.17) is 4.74 Å². The van der Waals surface area contributed by atoms with Crippen LogP contribution in [-0.2, 0) is 4.74 Å². The smallest absolute Gasteiger partial charge is 0.0462 e. The lowest BCUT2D eigenvalue weighted by Gasteiger charge is -2.15. The van der Waals surface area contributed by atoms with Crippen LogP contribution in [0.2, 0.25) is 0 Å². The first-order valence-corrected chi connectivity index (χ1v) is 6.87. The van der Waals surface area contributed by atoms with Crippen LogP contribution in [0, 0.1) is 5.92 Å². The van der Waals surface area contributed by atoms with Gasteiger partial charge in [0, 0.05) is 18.5 Å². The number of halogens is 1. The summed E-state index contributed by atoms with van der Waals surface area (Å²) >= 11 is 3.78. The van der Waals surface area contributed by atoms with Gasteiger partial charge in [-0.25, -0.2) is 0 Å². The van der Waals surface area contributed by atoms with E-state index in [-0.39, 0.29) is 0 Å². The summed E-state index contributed by atoms with van der Waals surface area (Å²) in [5, 5.41) is 0. The lowest BCUT2D eigenvalue weighted by Crippen LogP contribution is -2.05. The summed E-state index contributed by atoms with van der Waals surface area (Å²) in [6, 6.07) is 0. The molecule has 84 valence electrons. The Labute approximate surface area is 96.7 Å². The van der Waals surface area contributed by atoms with Gasteiger partial charge in [-0.15, -0.1) is 0 Å². The molecule has 0 bridgehead atoms. The maximum Gasteiger partial charge on any atom is 0.0462 e. The third-order valence-corrected chi connectivity index (χ3v) is 4.01. The molecule has 1 aliphatic carbocycles. The van der Waals surface area contributed by atoms with E-state index in [1.165, 1.54) is 51.4 Å². The van der Waals surface area contributed by atoms with Crippen molar-refractivity contribution in [1.29, 1.82) is 0 Å². The van der Waals surface area contributed by atoms with Crippen molar-refractivity contribution in [2.45, 2.75) is 56.2 Å². The fourth-order valence-corrected chi connectivity index (χ4v) is 3.19. The Balaban J connectivity index is 2.09. The van der Waals surface area contributed by atoms with E-state index >= 15 is 0 Å². The molecule has 0 N–H and O–H groups in total. The predicted octanol–water partition coefficient (Wildman–Crippen LogP) is 4.15. The average Bonchev–Trinajstić information content (AvgIpc) is 2.38. The Morgan fingerprint density at radius 1 is 1.21 bits per heavy atom. The maximum absolute atomic E-state index is 5.07. The van der Waals surface area contributed by atoms with Crippen LogP contribution in [0.25, 0.3) is 0 Å². The largest absolute Gasteiger partial charge is 0.385 e. The lowest BCUT2D eigenvalue weighted by molar-refractivity contribution is 0.189. The zero-order valence-corrected chi connectivity index (χ0v) is 10.9. The molecule has 0 aromatic rings. The third-order valence-electron chi connectivity index (χ3n) is 3.18. The van der Waals surface area contributed by atoms with Crippen LogP contribution in [0.3, 0.4) is 0 Å². The number of hydrogen-bond acceptors (Lipinski definition) is 1. The molecular weight excluding hydrogens is 240 g/mol. The van der Waals surface area contributed by atoms with Crippen LogP contribution < -0.4 is 0 Å². The molecule has 0 heterocycles. The van der Waals surface area contributed by atoms with Gasteiger partial charge in [0.2, 0.25) is 0 Å². The summed E-state index contributed by atoms with van der Waals surface area (Å²) < 4.78 is 5.07. The molecule has 1 rings (SSSR count). The van der Waals surface area contributed by atoms with E-state index in [2.05, 4.69) is 15.9 Å². The number of rotatable bonds is 5. The van der Waals surface area contributed by atoms with Crippen molar-refractivity contribution in [1.82, 2.24) is 0 Å². The van der Waals surface area contributed by atoms with E-state index in [0.29, 0.717) is 0 Å². The topological polar surface area (TPSA) is 9.23 Å². The van der Waals surface area contributed by atoms with Crippen LogP contribution >= 0.6 is 15.9 Å². The highest BCUT2D eigenvalue weighted by atomic mass is 79.9. The molecular formula is C12H23BrO. The van der Waals surface area contributed by atoms with Gasteiger partial charge in [-0.2, -0.15) is 0 Å². The van der Waals surface area contributed by atoms with Crippen LogP contribution in [0.15, 0.2) is 0 Å². The predicted molar refractivity (Wildman–Crippen MR) is 65.0 cm³/mol. The van der Waals surface area contributed by atoms with E-state index in [1.807, 2.05) is 0 Å². The van der Waals surface area contributed by atoms with Gasteiger partial charge < -0.3 is 4.74 Å². The first-order chi connectivity index (χ1) is 6.83. The minimum atomic E-state index is 0.789. The molecule has 2 unspecified atom stereocenters. The van der Waals surface area contributed by atoms with Gasteiger partial charge in [0.25, 0.3) is 0 Å². The van der Waals surface area contributed by atoms with Crippen molar-refractivity contribution in [3.63, 3.8) is 0 Å². The Hall–Kier alpha value is 0.440. The lowest BCUT2D eigenvalue weighted by atomic mass is 9.94. The van der Waals surface area contributed by atoms with Crippen molar-refractivity contribution in [2.24, 2.45) is 5.92 Å². The highest BCUT2D eigenvalue weighted by Gasteiger charge is 2.17. The molecule has 2 heteroatoms. The first-order valence-electron chi connectivity index (χ1n) is 5.96. The minimum Gasteiger partial charge on any atom is -0.385 e. The van der Waals surface area contributed by atoms with Crippen molar-refractivity contribution in [3.05, 3.63) is 0 Å². The van der Waals surface area contributed by atoms with E-state index < -0.39 is 0 Å². The number of methoxy groups -OCH3 is 1. The molecule has 0 saturated heterocycles. The number of ether oxygens (including phenoxy) is 1. The zero-order chi connectivity index (χ0) is 10.2. The molecule has 2 atom stereocenters. The molecule has 0 aromatic carbocycles. The molecule has 1 saturated carbocycles. The van der Waals surface area contributed by atoms with Crippen LogP contribution in [0.5, 0.6) is 0 Å². The normalized spacial score (nSPS) is 28.7. The van der Waals surface area contributed by atoms with Gasteiger partial charge in [-0.05, 0) is 25.2 Å². The van der Waals surface area contributed by atoms with Crippen LogP contribution in [-0.4, -0.2) is 18.5 Å². The second-order valence-corrected chi connectivity index (χ2v) is 5.77. The SMILES string of the molecule is COCCCCC1CCCCC(Br)C1. The van der Waals surface area contributed by atoms with E-state index in [1.54, 1.807) is 7.11 Å². The van der Waals surface area contributed by atoms with Crippen LogP contribution in [0.1, 0.15) is 51.4 Å². The summed E-state index contributed by atoms with van der Waals surface area (Å²) in [7, 11) is 1.79. The van der Waals surface area contributed by atoms with Crippen molar-refractivity contribution < 1.29 is 4.74 Å². The van der Waals surface area contributed by atoms with Crippen molar-refractivity contribution >= 4 is 15.9 Å². The standard InChI is InChI=1S/C12H23BrO/c1-14-9-5-4-7-11-6-2-3-8-12(13)10-11/h11-12H,2-10H2,1H3. The molecule has 1 aliphatic rings. The third kappa shape index (κ3) is 5.35. The van der Waals surface area contributed by atoms with Crippen molar-refractivity contribution in [2.75, 3.05) is 13.7 Å². The fraction of sp³-hybridized carbons (Fsp3) is 1.00. The number of alkyl halides is 1. The summed E-state index contributed by atoms with van der Waals surface area (Å²) in [6.07, 6.45) is 11.1. The average molecular weight is 263 g/mol. The fourth-order valence-electron chi connectivity index (χ4n) is 2.34. The molecule has 1 nitrogen and oxygen atoms in total. The monoisotopic (exact) mass is 262 g/mol. The second-order valence-electron chi connectivity index (χ2n) is 4.47. The summed E-state index contributed by atoms with van der Waals surface area (Å²) in [4.78, 5) is 0.789. The summed E-state index contributed by atoms with van der Waals surface area (Å²) in [5.74, 6) is 0.971. The van der Waals surface area contributed by atoms with Gasteiger partial charge >= 0.3 is 0 Å². The molecule has 0 aromatic heterocycles. The highest BCUT2D eigenvalue weighted by molar-refractivity contribution is 9.09. The quantitative estimate of drug-likeness (QED) is 0.411. The van der Waals surface area contributed by atoms with E-state index in [0.717, 1.165) is 17.4 Å². The number of unbranched alkanes of at least 4 members (excludes halogenated alkanes) is 1. The van der Waals surface area contributed by atoms with Gasteiger partial charge in [0.05, 0.1) is 0 Å². The van der Waals surface area contributed by atoms with Gasteiger partial charge in [-0.3, -0.25) is 0 Å². The Morgan fingerprint density at radius 2 is 2.00 bits per heavy atom. The summed E-state index contributed by atoms with van der Waals surface area (Å²) in [5.41, 5.74) is 0. The van der Waals surface area contributed by atoms with Gasteiger partial charge in [0.1, 0.15) is 0 Å². The second kappa shape index (κ2) is 7.70. The Morgan fingerprint density at radius 3 is 2.79 bits per heavy atom. The van der Waals surface area contributed by atoms with Crippen LogP contribution in [0.4, 0.5) is 0 Å². The molecule has 0 aliphatic heterocycles. The molecule has 1 fully saturated rings. The first kappa shape index (κ1) is 12.5. The minimum absolute atomic E-state index is 0.789. The summed E-state index contributed by atoms with van der Waals surface area (Å²) in [6.45, 7) is 0.935. The highest BCUT2D eigenvalue weighted by Crippen LogP contribution is 2.30. The molecule has 14 heavy (non-hydrogen) atoms.